The molecule has 2 saturated heterocycles. The molecule has 4 saturated carbocycles. The molecule has 0 unspecified atom stereocenters. The first-order valence-electron chi connectivity index (χ1n) is 18.2. The third kappa shape index (κ3) is 5.42. The summed E-state index contributed by atoms with van der Waals surface area (Å²) in [7, 11) is 0. The van der Waals surface area contributed by atoms with Crippen LogP contribution in [-0.2, 0) is 19.0 Å². The van der Waals surface area contributed by atoms with Crippen molar-refractivity contribution in [3.8, 4) is 0 Å². The van der Waals surface area contributed by atoms with Crippen LogP contribution in [0.1, 0.15) is 97.3 Å². The Kier molecular flexibility index (Phi) is 8.99. The van der Waals surface area contributed by atoms with Gasteiger partial charge in [-0.15, -0.1) is 0 Å². The molecule has 10 nitrogen and oxygen atoms in total. The standard InChI is InChI=1S/C36H56N2O8/c1-23-32(41)29(39)19-31(45-23)46-25-6-11-34(22-37-14-17-38-15-4-3-5-16-38)27-7-10-33(2)26(24-18-30(40)44-21-24)9-13-36(33,43)28(27)8-12-35(34,42)20-25/h18,22-23,25-29,31-32,39,41-43H,3-17,19-21H2,1-2H3/t23-,25+,26+,27-,28+,29+,31-,32-,33+,34-,35-,36+/m0/s1. The fourth-order valence-electron chi connectivity index (χ4n) is 11.4. The molecule has 10 heteroatoms. The highest BCUT2D eigenvalue weighted by molar-refractivity contribution is 5.85. The van der Waals surface area contributed by atoms with Crippen molar-refractivity contribution in [2.24, 2.45) is 33.6 Å². The zero-order valence-electron chi connectivity index (χ0n) is 27.8. The second-order valence-electron chi connectivity index (χ2n) is 16.1. The van der Waals surface area contributed by atoms with E-state index in [4.69, 9.17) is 19.2 Å². The summed E-state index contributed by atoms with van der Waals surface area (Å²) in [5.41, 5.74) is -1.83. The van der Waals surface area contributed by atoms with Crippen molar-refractivity contribution in [3.63, 3.8) is 0 Å². The molecule has 4 aliphatic carbocycles. The van der Waals surface area contributed by atoms with Crippen LogP contribution >= 0.6 is 0 Å². The smallest absolute Gasteiger partial charge is 0.331 e. The van der Waals surface area contributed by atoms with Gasteiger partial charge in [-0.05, 0) is 108 Å². The quantitative estimate of drug-likeness (QED) is 0.187. The van der Waals surface area contributed by atoms with Crippen LogP contribution in [0.5, 0.6) is 0 Å². The van der Waals surface area contributed by atoms with E-state index in [2.05, 4.69) is 18.0 Å². The van der Waals surface area contributed by atoms with Crippen LogP contribution in [0.3, 0.4) is 0 Å². The van der Waals surface area contributed by atoms with Gasteiger partial charge in [-0.2, -0.15) is 0 Å². The normalized spacial score (nSPS) is 49.7. The number of aliphatic imine (C=N–C) groups is 1. The van der Waals surface area contributed by atoms with E-state index in [1.807, 2.05) is 0 Å². The summed E-state index contributed by atoms with van der Waals surface area (Å²) in [4.78, 5) is 19.6. The van der Waals surface area contributed by atoms with Crippen LogP contribution in [0.4, 0.5) is 0 Å². The van der Waals surface area contributed by atoms with Crippen molar-refractivity contribution < 1.29 is 39.4 Å². The molecule has 0 bridgehead atoms. The summed E-state index contributed by atoms with van der Waals surface area (Å²) < 4.78 is 17.6. The van der Waals surface area contributed by atoms with Crippen LogP contribution in [0.25, 0.3) is 0 Å². The zero-order valence-corrected chi connectivity index (χ0v) is 27.8. The second kappa shape index (κ2) is 12.5. The number of fused-ring (bicyclic) bond motifs is 5. The van der Waals surface area contributed by atoms with Gasteiger partial charge < -0.3 is 39.5 Å². The van der Waals surface area contributed by atoms with Gasteiger partial charge in [0.05, 0.1) is 36.1 Å². The molecule has 46 heavy (non-hydrogen) atoms. The molecule has 258 valence electrons. The van der Waals surface area contributed by atoms with Gasteiger partial charge in [-0.1, -0.05) is 13.3 Å². The number of piperidine rings is 1. The molecule has 0 aromatic carbocycles. The lowest BCUT2D eigenvalue weighted by Crippen LogP contribution is -2.69. The average molecular weight is 645 g/mol. The van der Waals surface area contributed by atoms with Gasteiger partial charge in [-0.25, -0.2) is 4.79 Å². The number of carbonyl (C=O) groups is 1. The lowest BCUT2D eigenvalue weighted by atomic mass is 9.41. The van der Waals surface area contributed by atoms with Gasteiger partial charge in [0, 0.05) is 42.5 Å². The van der Waals surface area contributed by atoms with Crippen molar-refractivity contribution in [2.45, 2.75) is 139 Å². The zero-order chi connectivity index (χ0) is 32.3. The summed E-state index contributed by atoms with van der Waals surface area (Å²) in [6.07, 6.45) is 11.0. The first kappa shape index (κ1) is 33.1. The minimum Gasteiger partial charge on any atom is -0.458 e. The monoisotopic (exact) mass is 644 g/mol. The van der Waals surface area contributed by atoms with Crippen LogP contribution in [-0.4, -0.2) is 112 Å². The molecular formula is C36H56N2O8. The Morgan fingerprint density at radius 3 is 2.57 bits per heavy atom. The fourth-order valence-corrected chi connectivity index (χ4v) is 11.4. The van der Waals surface area contributed by atoms with Crippen LogP contribution in [0.2, 0.25) is 0 Å². The van der Waals surface area contributed by atoms with E-state index in [9.17, 15) is 25.2 Å². The third-order valence-electron chi connectivity index (χ3n) is 14.0. The number of likely N-dealkylation sites (tertiary alicyclic amines) is 1. The molecule has 7 rings (SSSR count). The van der Waals surface area contributed by atoms with E-state index >= 15 is 0 Å². The number of carbonyl (C=O) groups excluding carboxylic acids is 1. The van der Waals surface area contributed by atoms with E-state index in [1.54, 1.807) is 13.0 Å². The fraction of sp³-hybridized carbons (Fsp3) is 0.889. The Hall–Kier alpha value is -1.40. The Bertz CT molecular complexity index is 1190. The SMILES string of the molecule is C[C@@H]1O[C@@H](O[C@@H]2CC[C@]3(C=NCCN4CCCCC4)[C@H]4CC[C@]5(C)[C@@H](C6=CC(=O)OC6)CC[C@@]5(O)[C@@H]4CC[C@]3(O)C2)C[C@@H](O)[C@H]1O. The molecule has 4 N–H and O–H groups in total. The minimum atomic E-state index is -1.04. The van der Waals surface area contributed by atoms with E-state index in [0.29, 0.717) is 38.8 Å². The number of nitrogens with zero attached hydrogens (tertiary/aromatic N) is 2. The number of ether oxygens (including phenoxy) is 3. The Labute approximate surface area is 273 Å². The van der Waals surface area contributed by atoms with E-state index < -0.39 is 41.2 Å². The molecule has 0 aromatic rings. The minimum absolute atomic E-state index is 0.0281. The predicted molar refractivity (Wildman–Crippen MR) is 171 cm³/mol. The maximum absolute atomic E-state index is 12.8. The number of hydrogen-bond acceptors (Lipinski definition) is 10. The molecule has 0 amide bonds. The number of esters is 1. The molecule has 12 atom stereocenters. The summed E-state index contributed by atoms with van der Waals surface area (Å²) in [5, 5.41) is 46.0. The lowest BCUT2D eigenvalue weighted by Gasteiger charge is -2.66. The Balaban J connectivity index is 1.14. The highest BCUT2D eigenvalue weighted by Crippen LogP contribution is 2.70. The van der Waals surface area contributed by atoms with Crippen molar-refractivity contribution in [2.75, 3.05) is 32.8 Å². The number of aliphatic hydroxyl groups excluding tert-OH is 2. The van der Waals surface area contributed by atoms with Gasteiger partial charge >= 0.3 is 5.97 Å². The second-order valence-corrected chi connectivity index (χ2v) is 16.1. The predicted octanol–water partition coefficient (Wildman–Crippen LogP) is 3.14. The Morgan fingerprint density at radius 1 is 1.04 bits per heavy atom. The first-order valence-corrected chi connectivity index (χ1v) is 18.2. The van der Waals surface area contributed by atoms with Crippen molar-refractivity contribution >= 4 is 12.2 Å². The Morgan fingerprint density at radius 2 is 1.83 bits per heavy atom. The highest BCUT2D eigenvalue weighted by atomic mass is 16.7. The first-order chi connectivity index (χ1) is 22.0. The van der Waals surface area contributed by atoms with E-state index in [-0.39, 0.29) is 41.7 Å². The molecule has 0 spiro atoms. The summed E-state index contributed by atoms with van der Waals surface area (Å²) in [6, 6.07) is 0. The topological polar surface area (TPSA) is 141 Å². The van der Waals surface area contributed by atoms with Gasteiger partial charge in [0.15, 0.2) is 6.29 Å². The van der Waals surface area contributed by atoms with Gasteiger partial charge in [0.2, 0.25) is 0 Å². The molecule has 6 fully saturated rings. The maximum atomic E-state index is 12.8. The van der Waals surface area contributed by atoms with Crippen LogP contribution in [0.15, 0.2) is 16.6 Å². The molecule has 3 aliphatic heterocycles. The lowest BCUT2D eigenvalue weighted by molar-refractivity contribution is -0.282. The number of cyclic esters (lactones) is 1. The van der Waals surface area contributed by atoms with E-state index in [0.717, 1.165) is 57.3 Å². The van der Waals surface area contributed by atoms with Crippen LogP contribution < -0.4 is 0 Å². The largest absolute Gasteiger partial charge is 0.458 e. The molecule has 3 heterocycles. The van der Waals surface area contributed by atoms with Gasteiger partial charge in [-0.3, -0.25) is 4.99 Å². The maximum Gasteiger partial charge on any atom is 0.331 e. The van der Waals surface area contributed by atoms with Gasteiger partial charge in [0.25, 0.3) is 0 Å². The molecule has 0 radical (unpaired) electrons. The molecule has 0 aromatic heterocycles. The number of hydrogen-bond donors (Lipinski definition) is 4. The van der Waals surface area contributed by atoms with Crippen LogP contribution in [0, 0.1) is 28.6 Å². The third-order valence-corrected chi connectivity index (χ3v) is 14.0. The summed E-state index contributed by atoms with van der Waals surface area (Å²) in [6.45, 7) is 8.19. The number of aliphatic hydroxyl groups is 4. The van der Waals surface area contributed by atoms with Crippen molar-refractivity contribution in [1.29, 1.82) is 0 Å². The van der Waals surface area contributed by atoms with Crippen molar-refractivity contribution in [1.82, 2.24) is 4.90 Å². The summed E-state index contributed by atoms with van der Waals surface area (Å²) >= 11 is 0. The molecule has 7 aliphatic rings. The average Bonchev–Trinajstić information content (AvgIpc) is 3.58. The van der Waals surface area contributed by atoms with E-state index in [1.165, 1.54) is 19.3 Å². The van der Waals surface area contributed by atoms with Crippen molar-refractivity contribution in [3.05, 3.63) is 11.6 Å². The summed E-state index contributed by atoms with van der Waals surface area (Å²) in [5.74, 6) is -0.0415. The highest BCUT2D eigenvalue weighted by Gasteiger charge is 2.71. The van der Waals surface area contributed by atoms with Gasteiger partial charge in [0.1, 0.15) is 12.7 Å². The number of rotatable bonds is 7. The molecular weight excluding hydrogens is 588 g/mol.